The molecule has 1 atom stereocenters. The molecule has 2 aromatic carbocycles. The minimum Gasteiger partial charge on any atom is -0.493 e. The highest BCUT2D eigenvalue weighted by Gasteiger charge is 2.19. The predicted molar refractivity (Wildman–Crippen MR) is 92.9 cm³/mol. The van der Waals surface area contributed by atoms with Gasteiger partial charge in [0.25, 0.3) is 0 Å². The molecule has 1 aliphatic heterocycles. The normalized spacial score (nSPS) is 14.6. The number of fused-ring (bicyclic) bond motifs is 1. The highest BCUT2D eigenvalue weighted by molar-refractivity contribution is 9.10. The van der Waals surface area contributed by atoms with Gasteiger partial charge in [-0.1, -0.05) is 44.0 Å². The Morgan fingerprint density at radius 3 is 2.76 bits per heavy atom. The maximum absolute atomic E-state index is 6.35. The van der Waals surface area contributed by atoms with Crippen molar-refractivity contribution in [3.63, 3.8) is 0 Å². The monoisotopic (exact) mass is 409 g/mol. The third-order valence-corrected chi connectivity index (χ3v) is 4.65. The lowest BCUT2D eigenvalue weighted by atomic mass is 9.97. The highest BCUT2D eigenvalue weighted by atomic mass is 79.9. The Hall–Kier alpha value is -0.840. The van der Waals surface area contributed by atoms with E-state index in [1.165, 1.54) is 16.7 Å². The average molecular weight is 411 g/mol. The fourth-order valence-electron chi connectivity index (χ4n) is 2.82. The maximum atomic E-state index is 6.35. The summed E-state index contributed by atoms with van der Waals surface area (Å²) >= 11 is 7.08. The van der Waals surface area contributed by atoms with Crippen LogP contribution >= 0.6 is 31.9 Å². The molecule has 1 unspecified atom stereocenters. The van der Waals surface area contributed by atoms with Crippen molar-refractivity contribution in [1.82, 2.24) is 0 Å². The van der Waals surface area contributed by atoms with Gasteiger partial charge in [-0.25, -0.2) is 0 Å². The molecule has 1 aliphatic rings. The number of hydrogen-bond acceptors (Lipinski definition) is 2. The van der Waals surface area contributed by atoms with Crippen LogP contribution in [0, 0.1) is 0 Å². The van der Waals surface area contributed by atoms with Gasteiger partial charge < -0.3 is 10.5 Å². The van der Waals surface area contributed by atoms with E-state index in [2.05, 4.69) is 56.1 Å². The molecule has 0 aromatic heterocycles. The smallest absolute Gasteiger partial charge is 0.125 e. The zero-order valence-corrected chi connectivity index (χ0v) is 14.8. The molecule has 0 aliphatic carbocycles. The van der Waals surface area contributed by atoms with Crippen molar-refractivity contribution in [3.05, 3.63) is 62.0 Å². The van der Waals surface area contributed by atoms with Gasteiger partial charge in [-0.2, -0.15) is 0 Å². The first-order valence-corrected chi connectivity index (χ1v) is 8.64. The third-order valence-electron chi connectivity index (χ3n) is 3.69. The summed E-state index contributed by atoms with van der Waals surface area (Å²) in [6, 6.07) is 12.7. The molecule has 0 saturated carbocycles. The lowest BCUT2D eigenvalue weighted by Crippen LogP contribution is -2.25. The van der Waals surface area contributed by atoms with Crippen LogP contribution in [0.3, 0.4) is 0 Å². The Kier molecular flexibility index (Phi) is 4.67. The first-order valence-electron chi connectivity index (χ1n) is 7.06. The van der Waals surface area contributed by atoms with Gasteiger partial charge in [-0.15, -0.1) is 0 Å². The molecule has 0 saturated heterocycles. The fraction of sp³-hybridized carbons (Fsp3) is 0.294. The van der Waals surface area contributed by atoms with E-state index in [9.17, 15) is 0 Å². The topological polar surface area (TPSA) is 35.2 Å². The number of benzene rings is 2. The van der Waals surface area contributed by atoms with Crippen molar-refractivity contribution in [2.24, 2.45) is 5.73 Å². The van der Waals surface area contributed by atoms with Gasteiger partial charge >= 0.3 is 0 Å². The Balaban J connectivity index is 1.75. The minimum absolute atomic E-state index is 0.0851. The summed E-state index contributed by atoms with van der Waals surface area (Å²) in [4.78, 5) is 0. The van der Waals surface area contributed by atoms with Crippen molar-refractivity contribution in [1.29, 1.82) is 0 Å². The van der Waals surface area contributed by atoms with E-state index >= 15 is 0 Å². The van der Waals surface area contributed by atoms with E-state index in [1.807, 2.05) is 12.1 Å². The number of halogens is 2. The number of hydrogen-bond donors (Lipinski definition) is 1. The molecule has 2 aromatic rings. The molecule has 0 fully saturated rings. The lowest BCUT2D eigenvalue weighted by Gasteiger charge is -2.15. The molecule has 110 valence electrons. The van der Waals surface area contributed by atoms with Crippen LogP contribution in [0.15, 0.2) is 45.3 Å². The predicted octanol–water partition coefficient (Wildman–Crippen LogP) is 4.26. The molecule has 3 rings (SSSR count). The van der Waals surface area contributed by atoms with Crippen molar-refractivity contribution < 1.29 is 4.74 Å². The second-order valence-electron chi connectivity index (χ2n) is 5.45. The summed E-state index contributed by atoms with van der Waals surface area (Å²) in [6.45, 7) is 0.777. The van der Waals surface area contributed by atoms with E-state index in [4.69, 9.17) is 10.5 Å². The molecule has 2 nitrogen and oxygen atoms in total. The van der Waals surface area contributed by atoms with Crippen LogP contribution in [-0.4, -0.2) is 12.6 Å². The van der Waals surface area contributed by atoms with Crippen LogP contribution in [0.2, 0.25) is 0 Å². The zero-order valence-electron chi connectivity index (χ0n) is 11.6. The maximum Gasteiger partial charge on any atom is 0.125 e. The molecule has 2 N–H and O–H groups in total. The standard InChI is InChI=1S/C17H17Br2NO/c18-14-3-1-2-11(6-14)7-16(20)10-13-9-15(19)8-12-4-5-21-17(12)13/h1-3,6,8-9,16H,4-5,7,10,20H2. The second kappa shape index (κ2) is 6.51. The van der Waals surface area contributed by atoms with Gasteiger partial charge in [0.15, 0.2) is 0 Å². The lowest BCUT2D eigenvalue weighted by molar-refractivity contribution is 0.352. The van der Waals surface area contributed by atoms with Gasteiger partial charge in [0.2, 0.25) is 0 Å². The van der Waals surface area contributed by atoms with Gasteiger partial charge in [0.05, 0.1) is 6.61 Å². The fourth-order valence-corrected chi connectivity index (χ4v) is 3.82. The van der Waals surface area contributed by atoms with E-state index in [1.54, 1.807) is 0 Å². The summed E-state index contributed by atoms with van der Waals surface area (Å²) < 4.78 is 7.97. The van der Waals surface area contributed by atoms with E-state index in [-0.39, 0.29) is 6.04 Å². The largest absolute Gasteiger partial charge is 0.493 e. The summed E-state index contributed by atoms with van der Waals surface area (Å²) in [5.74, 6) is 1.04. The van der Waals surface area contributed by atoms with Crippen molar-refractivity contribution >= 4 is 31.9 Å². The Bertz CT molecular complexity index is 657. The van der Waals surface area contributed by atoms with Gasteiger partial charge in [-0.05, 0) is 53.8 Å². The Labute approximate surface area is 141 Å². The average Bonchev–Trinajstić information content (AvgIpc) is 2.86. The van der Waals surface area contributed by atoms with Gasteiger partial charge in [0.1, 0.15) is 5.75 Å². The third kappa shape index (κ3) is 3.68. The van der Waals surface area contributed by atoms with Crippen LogP contribution in [0.5, 0.6) is 5.75 Å². The quantitative estimate of drug-likeness (QED) is 0.817. The van der Waals surface area contributed by atoms with Crippen LogP contribution in [0.1, 0.15) is 16.7 Å². The molecule has 0 bridgehead atoms. The van der Waals surface area contributed by atoms with E-state index < -0.39 is 0 Å². The van der Waals surface area contributed by atoms with E-state index in [0.717, 1.165) is 40.6 Å². The van der Waals surface area contributed by atoms with E-state index in [0.29, 0.717) is 0 Å². The highest BCUT2D eigenvalue weighted by Crippen LogP contribution is 2.33. The van der Waals surface area contributed by atoms with Crippen LogP contribution in [0.25, 0.3) is 0 Å². The van der Waals surface area contributed by atoms with Crippen molar-refractivity contribution in [2.45, 2.75) is 25.3 Å². The summed E-state index contributed by atoms with van der Waals surface area (Å²) in [6.07, 6.45) is 2.68. The van der Waals surface area contributed by atoms with Crippen LogP contribution < -0.4 is 10.5 Å². The molecular weight excluding hydrogens is 394 g/mol. The number of ether oxygens (including phenoxy) is 1. The molecule has 0 radical (unpaired) electrons. The summed E-state index contributed by atoms with van der Waals surface area (Å²) in [5.41, 5.74) is 10.1. The number of rotatable bonds is 4. The SMILES string of the molecule is NC(Cc1cccc(Br)c1)Cc1cc(Br)cc2c1OCC2. The minimum atomic E-state index is 0.0851. The van der Waals surface area contributed by atoms with Crippen molar-refractivity contribution in [3.8, 4) is 5.75 Å². The summed E-state index contributed by atoms with van der Waals surface area (Å²) in [5, 5.41) is 0. The van der Waals surface area contributed by atoms with Crippen LogP contribution in [0.4, 0.5) is 0 Å². The first kappa shape index (κ1) is 15.1. The van der Waals surface area contributed by atoms with Crippen LogP contribution in [-0.2, 0) is 19.3 Å². The Morgan fingerprint density at radius 1 is 1.10 bits per heavy atom. The Morgan fingerprint density at radius 2 is 1.95 bits per heavy atom. The molecular formula is C17H17Br2NO. The van der Waals surface area contributed by atoms with Gasteiger partial charge in [-0.3, -0.25) is 0 Å². The first-order chi connectivity index (χ1) is 10.1. The molecule has 0 spiro atoms. The molecule has 21 heavy (non-hydrogen) atoms. The second-order valence-corrected chi connectivity index (χ2v) is 7.28. The number of nitrogens with two attached hydrogens (primary N) is 1. The summed E-state index contributed by atoms with van der Waals surface area (Å²) in [7, 11) is 0. The van der Waals surface area contributed by atoms with Gasteiger partial charge in [0, 0.05) is 21.4 Å². The van der Waals surface area contributed by atoms with Crippen molar-refractivity contribution in [2.75, 3.05) is 6.61 Å². The zero-order chi connectivity index (χ0) is 14.8. The molecule has 4 heteroatoms. The molecule has 0 amide bonds. The molecule has 1 heterocycles.